The van der Waals surface area contributed by atoms with Crippen LogP contribution in [0.3, 0.4) is 0 Å². The number of aliphatic carboxylic acids is 1. The van der Waals surface area contributed by atoms with Crippen molar-refractivity contribution in [2.45, 2.75) is 111 Å². The van der Waals surface area contributed by atoms with Crippen molar-refractivity contribution in [3.05, 3.63) is 11.6 Å². The van der Waals surface area contributed by atoms with Gasteiger partial charge in [0.25, 0.3) is 0 Å². The van der Waals surface area contributed by atoms with Crippen molar-refractivity contribution in [1.29, 1.82) is 0 Å². The quantitative estimate of drug-likeness (QED) is 0.424. The molecular weight excluding hydrogens is 418 g/mol. The minimum Gasteiger partial charge on any atom is -0.478 e. The average Bonchev–Trinajstić information content (AvgIpc) is 2.77. The highest BCUT2D eigenvalue weighted by molar-refractivity contribution is 5.90. The van der Waals surface area contributed by atoms with Crippen LogP contribution in [0.25, 0.3) is 0 Å². The highest BCUT2D eigenvalue weighted by Crippen LogP contribution is 2.23. The number of unbranched alkanes of at least 4 members (excludes halogenated alkanes) is 1. The summed E-state index contributed by atoms with van der Waals surface area (Å²) in [5.41, 5.74) is 0.206. The van der Waals surface area contributed by atoms with Crippen molar-refractivity contribution >= 4 is 17.8 Å². The Hall–Kier alpha value is -1.89. The molecule has 0 aliphatic carbocycles. The third kappa shape index (κ3) is 8.43. The van der Waals surface area contributed by atoms with Gasteiger partial charge in [0.1, 0.15) is 6.04 Å². The molecule has 7 nitrogen and oxygen atoms in total. The number of amides is 2. The van der Waals surface area contributed by atoms with Crippen molar-refractivity contribution in [1.82, 2.24) is 15.1 Å². The summed E-state index contributed by atoms with van der Waals surface area (Å²) >= 11 is 0. The minimum absolute atomic E-state index is 0.0324. The number of carbonyl (C=O) groups is 3. The minimum atomic E-state index is -0.996. The number of nitrogens with zero attached hydrogens (tertiary/aromatic N) is 2. The molecule has 2 unspecified atom stereocenters. The van der Waals surface area contributed by atoms with Gasteiger partial charge in [-0.1, -0.05) is 60.0 Å². The molecule has 1 fully saturated rings. The summed E-state index contributed by atoms with van der Waals surface area (Å²) in [5, 5.41) is 12.4. The largest absolute Gasteiger partial charge is 0.478 e. The van der Waals surface area contributed by atoms with Crippen molar-refractivity contribution < 1.29 is 19.5 Å². The maximum absolute atomic E-state index is 13.5. The average molecular weight is 466 g/mol. The Morgan fingerprint density at radius 1 is 1.12 bits per heavy atom. The molecule has 4 atom stereocenters. The molecule has 0 radical (unpaired) electrons. The Morgan fingerprint density at radius 3 is 2.27 bits per heavy atom. The number of likely N-dealkylation sites (N-methyl/N-ethyl adjacent to an activating group) is 1. The molecule has 1 rings (SSSR count). The zero-order valence-corrected chi connectivity index (χ0v) is 22.1. The van der Waals surface area contributed by atoms with Crippen LogP contribution in [0.4, 0.5) is 0 Å². The molecule has 2 amide bonds. The van der Waals surface area contributed by atoms with Crippen LogP contribution < -0.4 is 5.32 Å². The SMILES string of the molecule is CCCCC(C)N1CCCCC1C(=O)N[C@H](C(=O)N(C)[C@H](/C=C(\C)C(=O)O)C(C)C)C(C)C. The summed E-state index contributed by atoms with van der Waals surface area (Å²) in [6, 6.07) is -0.893. The maximum Gasteiger partial charge on any atom is 0.331 e. The van der Waals surface area contributed by atoms with Crippen LogP contribution in [0, 0.1) is 11.8 Å². The first-order valence-corrected chi connectivity index (χ1v) is 12.7. The molecule has 0 aromatic heterocycles. The predicted octanol–water partition coefficient (Wildman–Crippen LogP) is 4.07. The van der Waals surface area contributed by atoms with Gasteiger partial charge in [0.15, 0.2) is 0 Å². The summed E-state index contributed by atoms with van der Waals surface area (Å²) in [5.74, 6) is -1.31. The maximum atomic E-state index is 13.5. The molecule has 190 valence electrons. The fourth-order valence-electron chi connectivity index (χ4n) is 4.64. The molecule has 7 heteroatoms. The molecule has 0 spiro atoms. The van der Waals surface area contributed by atoms with Crippen molar-refractivity contribution in [2.75, 3.05) is 13.6 Å². The van der Waals surface area contributed by atoms with Gasteiger partial charge in [-0.15, -0.1) is 0 Å². The molecule has 2 N–H and O–H groups in total. The second-order valence-corrected chi connectivity index (χ2v) is 10.3. The van der Waals surface area contributed by atoms with Gasteiger partial charge < -0.3 is 15.3 Å². The van der Waals surface area contributed by atoms with Crippen LogP contribution in [0.15, 0.2) is 11.6 Å². The Morgan fingerprint density at radius 2 is 1.76 bits per heavy atom. The van der Waals surface area contributed by atoms with Crippen LogP contribution in [0.2, 0.25) is 0 Å². The normalized spacial score (nSPS) is 20.4. The summed E-state index contributed by atoms with van der Waals surface area (Å²) in [7, 11) is 1.69. The molecule has 1 saturated heterocycles. The number of carboxylic acids is 1. The number of carboxylic acid groups (broad SMARTS) is 1. The Labute approximate surface area is 201 Å². The Balaban J connectivity index is 3.04. The van der Waals surface area contributed by atoms with Crippen molar-refractivity contribution in [3.63, 3.8) is 0 Å². The molecule has 1 aliphatic rings. The number of likely N-dealkylation sites (tertiary alicyclic amines) is 1. The number of hydrogen-bond donors (Lipinski definition) is 2. The monoisotopic (exact) mass is 465 g/mol. The second-order valence-electron chi connectivity index (χ2n) is 10.3. The van der Waals surface area contributed by atoms with Gasteiger partial charge in [0.2, 0.25) is 11.8 Å². The summed E-state index contributed by atoms with van der Waals surface area (Å²) < 4.78 is 0. The van der Waals surface area contributed by atoms with E-state index in [1.807, 2.05) is 27.7 Å². The van der Waals surface area contributed by atoms with E-state index in [-0.39, 0.29) is 41.3 Å². The first kappa shape index (κ1) is 29.1. The number of hydrogen-bond acceptors (Lipinski definition) is 4. The van der Waals surface area contributed by atoms with Crippen molar-refractivity contribution in [3.8, 4) is 0 Å². The van der Waals surface area contributed by atoms with Gasteiger partial charge in [-0.05, 0) is 51.5 Å². The van der Waals surface area contributed by atoms with Crippen LogP contribution in [-0.2, 0) is 14.4 Å². The van der Waals surface area contributed by atoms with Gasteiger partial charge in [-0.2, -0.15) is 0 Å². The fourth-order valence-corrected chi connectivity index (χ4v) is 4.64. The summed E-state index contributed by atoms with van der Waals surface area (Å²) in [6.07, 6.45) is 7.91. The number of nitrogens with one attached hydrogen (secondary N) is 1. The number of piperidine rings is 1. The van der Waals surface area contributed by atoms with Crippen LogP contribution in [0.5, 0.6) is 0 Å². The van der Waals surface area contributed by atoms with E-state index >= 15 is 0 Å². The van der Waals surface area contributed by atoms with Crippen LogP contribution in [-0.4, -0.2) is 70.4 Å². The molecule has 33 heavy (non-hydrogen) atoms. The predicted molar refractivity (Wildman–Crippen MR) is 133 cm³/mol. The second kappa shape index (κ2) is 13.7. The smallest absolute Gasteiger partial charge is 0.331 e. The van der Waals surface area contributed by atoms with Gasteiger partial charge in [-0.3, -0.25) is 14.5 Å². The topological polar surface area (TPSA) is 90.0 Å². The molecule has 1 aliphatic heterocycles. The lowest BCUT2D eigenvalue weighted by Crippen LogP contribution is -2.59. The first-order valence-electron chi connectivity index (χ1n) is 12.7. The Kier molecular flexibility index (Phi) is 12.1. The zero-order chi connectivity index (χ0) is 25.3. The third-order valence-corrected chi connectivity index (χ3v) is 6.85. The van der Waals surface area contributed by atoms with E-state index in [4.69, 9.17) is 0 Å². The van der Waals surface area contributed by atoms with E-state index in [2.05, 4.69) is 24.1 Å². The standard InChI is InChI=1S/C26H47N3O4/c1-9-10-13-20(7)29-15-12-11-14-21(29)24(30)27-23(18(4)5)25(31)28(8)22(17(2)3)16-19(6)26(32)33/h16-18,20-23H,9-15H2,1-8H3,(H,27,30)(H,32,33)/b19-16+/t20?,21?,22-,23+/m1/s1. The van der Waals surface area contributed by atoms with E-state index in [0.29, 0.717) is 6.04 Å². The van der Waals surface area contributed by atoms with E-state index in [1.165, 1.54) is 6.92 Å². The lowest BCUT2D eigenvalue weighted by Gasteiger charge is -2.40. The lowest BCUT2D eigenvalue weighted by atomic mass is 9.95. The van der Waals surface area contributed by atoms with Crippen LogP contribution >= 0.6 is 0 Å². The van der Waals surface area contributed by atoms with Gasteiger partial charge >= 0.3 is 5.97 Å². The number of carbonyl (C=O) groups excluding carboxylic acids is 2. The van der Waals surface area contributed by atoms with Crippen molar-refractivity contribution in [2.24, 2.45) is 11.8 Å². The van der Waals surface area contributed by atoms with Gasteiger partial charge in [0.05, 0.1) is 12.1 Å². The van der Waals surface area contributed by atoms with E-state index in [1.54, 1.807) is 18.0 Å². The zero-order valence-electron chi connectivity index (χ0n) is 22.1. The Bertz CT molecular complexity index is 689. The number of rotatable bonds is 12. The third-order valence-electron chi connectivity index (χ3n) is 6.85. The van der Waals surface area contributed by atoms with Gasteiger partial charge in [0, 0.05) is 18.7 Å². The first-order chi connectivity index (χ1) is 15.4. The van der Waals surface area contributed by atoms with Gasteiger partial charge in [-0.25, -0.2) is 4.79 Å². The highest BCUT2D eigenvalue weighted by atomic mass is 16.4. The summed E-state index contributed by atoms with van der Waals surface area (Å²) in [4.78, 5) is 42.1. The van der Waals surface area contributed by atoms with E-state index in [0.717, 1.165) is 45.1 Å². The molecule has 0 aromatic carbocycles. The molecule has 0 saturated carbocycles. The highest BCUT2D eigenvalue weighted by Gasteiger charge is 2.36. The van der Waals surface area contributed by atoms with Crippen LogP contribution in [0.1, 0.15) is 87.0 Å². The molecule has 1 heterocycles. The van der Waals surface area contributed by atoms with E-state index < -0.39 is 12.0 Å². The fraction of sp³-hybridized carbons (Fsp3) is 0.808. The summed E-state index contributed by atoms with van der Waals surface area (Å²) in [6.45, 7) is 14.6. The lowest BCUT2D eigenvalue weighted by molar-refractivity contribution is -0.140. The molecule has 0 aromatic rings. The molecular formula is C26H47N3O4. The van der Waals surface area contributed by atoms with E-state index in [9.17, 15) is 19.5 Å². The molecule has 0 bridgehead atoms.